The van der Waals surface area contributed by atoms with Gasteiger partial charge in [-0.1, -0.05) is 19.1 Å². The third-order valence-corrected chi connectivity index (χ3v) is 11.1. The Hall–Kier alpha value is -4.80. The molecular formula is C36H37N3O12. The molecule has 5 aliphatic rings. The van der Waals surface area contributed by atoms with E-state index in [1.165, 1.54) is 19.2 Å². The van der Waals surface area contributed by atoms with Crippen LogP contribution in [0.3, 0.4) is 0 Å². The van der Waals surface area contributed by atoms with Crippen LogP contribution in [0.15, 0.2) is 30.4 Å². The molecule has 0 radical (unpaired) electrons. The number of ketones is 3. The highest BCUT2D eigenvalue weighted by Gasteiger charge is 2.64. The summed E-state index contributed by atoms with van der Waals surface area (Å²) in [4.78, 5) is 78.9. The van der Waals surface area contributed by atoms with Gasteiger partial charge in [-0.05, 0) is 24.1 Å². The van der Waals surface area contributed by atoms with E-state index in [2.05, 4.69) is 5.32 Å². The fraction of sp³-hybridized carbons (Fsp3) is 0.444. The van der Waals surface area contributed by atoms with Crippen LogP contribution < -0.4 is 15.8 Å². The molecule has 3 aliphatic carbocycles. The maximum Gasteiger partial charge on any atom is 0.253 e. The zero-order chi connectivity index (χ0) is 36.7. The molecule has 7 rings (SSSR count). The number of methoxy groups -OCH3 is 1. The van der Waals surface area contributed by atoms with E-state index in [1.54, 1.807) is 19.9 Å². The van der Waals surface area contributed by atoms with Crippen molar-refractivity contribution in [3.05, 3.63) is 69.3 Å². The van der Waals surface area contributed by atoms with Gasteiger partial charge in [0.25, 0.3) is 11.8 Å². The van der Waals surface area contributed by atoms with Gasteiger partial charge >= 0.3 is 0 Å². The lowest BCUT2D eigenvalue weighted by atomic mass is 9.65. The summed E-state index contributed by atoms with van der Waals surface area (Å²) in [7, 11) is 1.36. The second-order valence-corrected chi connectivity index (χ2v) is 13.8. The maximum atomic E-state index is 14.0. The van der Waals surface area contributed by atoms with E-state index < -0.39 is 102 Å². The van der Waals surface area contributed by atoms with Gasteiger partial charge in [-0.15, -0.1) is 0 Å². The van der Waals surface area contributed by atoms with E-state index in [0.29, 0.717) is 0 Å². The summed E-state index contributed by atoms with van der Waals surface area (Å²) >= 11 is 0. The summed E-state index contributed by atoms with van der Waals surface area (Å²) in [6, 6.07) is 4.56. The number of hydrogen-bond acceptors (Lipinski definition) is 13. The SMILES string of the molecule is COc1cccc2c1C(=O)c1c(O)c3c(c(C)c1C2=O)C[C@@](O)(C(=O)CNC(=O)CCN1C(=O)C=CC1=O)C[C@@H]3OC1CC2C(O)C(C)C2(N)O1. The number of amides is 3. The molecule has 268 valence electrons. The smallest absolute Gasteiger partial charge is 0.253 e. The average Bonchev–Trinajstić information content (AvgIpc) is 3.59. The van der Waals surface area contributed by atoms with Gasteiger partial charge in [-0.3, -0.25) is 33.7 Å². The van der Waals surface area contributed by atoms with Crippen LogP contribution in [0.1, 0.15) is 80.8 Å². The minimum atomic E-state index is -2.20. The van der Waals surface area contributed by atoms with E-state index in [0.717, 1.165) is 17.1 Å². The number of nitrogens with two attached hydrogens (primary N) is 1. The van der Waals surface area contributed by atoms with Crippen molar-refractivity contribution in [3.63, 3.8) is 0 Å². The number of carbonyl (C=O) groups excluding carboxylic acids is 6. The first-order valence-corrected chi connectivity index (χ1v) is 16.6. The first kappa shape index (κ1) is 34.6. The van der Waals surface area contributed by atoms with Crippen molar-refractivity contribution in [2.24, 2.45) is 17.6 Å². The molecule has 2 fully saturated rings. The van der Waals surface area contributed by atoms with Crippen LogP contribution in [-0.2, 0) is 35.1 Å². The van der Waals surface area contributed by atoms with Crippen LogP contribution in [0.2, 0.25) is 0 Å². The molecule has 2 aromatic carbocycles. The maximum absolute atomic E-state index is 14.0. The molecule has 15 heteroatoms. The van der Waals surface area contributed by atoms with E-state index >= 15 is 0 Å². The number of Topliss-reactive ketones (excluding diaryl/α,β-unsaturated/α-hetero) is 1. The van der Waals surface area contributed by atoms with E-state index in [-0.39, 0.29) is 64.1 Å². The molecule has 15 nitrogen and oxygen atoms in total. The van der Waals surface area contributed by atoms with Crippen LogP contribution >= 0.6 is 0 Å². The summed E-state index contributed by atoms with van der Waals surface area (Å²) in [5, 5.41) is 36.8. The minimum absolute atomic E-state index is 0.0127. The normalized spacial score (nSPS) is 30.4. The lowest BCUT2D eigenvalue weighted by Crippen LogP contribution is -2.68. The highest BCUT2D eigenvalue weighted by atomic mass is 16.7. The molecular weight excluding hydrogens is 666 g/mol. The Morgan fingerprint density at radius 1 is 1.10 bits per heavy atom. The predicted molar refractivity (Wildman–Crippen MR) is 173 cm³/mol. The lowest BCUT2D eigenvalue weighted by Gasteiger charge is -2.50. The molecule has 0 bridgehead atoms. The molecule has 2 aromatic rings. The quantitative estimate of drug-likeness (QED) is 0.188. The topological polar surface area (TPSA) is 232 Å². The van der Waals surface area contributed by atoms with Gasteiger partial charge in [0.2, 0.25) is 11.7 Å². The number of aliphatic hydroxyl groups excluding tert-OH is 1. The second kappa shape index (κ2) is 12.2. The molecule has 6 N–H and O–H groups in total. The van der Waals surface area contributed by atoms with Crippen molar-refractivity contribution in [2.75, 3.05) is 20.2 Å². The van der Waals surface area contributed by atoms with Gasteiger partial charge < -0.3 is 40.6 Å². The fourth-order valence-corrected chi connectivity index (χ4v) is 8.17. The standard InChI is InChI=1S/C36H37N3O12/c1-15-18-12-35(48,22(40)14-38-23(41)9-10-39-24(42)7-8-25(39)43)13-21(50-26-11-19-31(44)16(2)36(19,37)51-26)29(18)34(47)30-27(15)32(45)17-5-4-6-20(49-3)28(17)33(30)46/h4-8,16,19,21,26,31,44,47-48H,9-14,37H2,1-3H3,(H,38,41)/t16?,19?,21-,26?,31?,35-,36?/m0/s1. The minimum Gasteiger partial charge on any atom is -0.507 e. The van der Waals surface area contributed by atoms with Gasteiger partial charge in [0.05, 0.1) is 37.0 Å². The van der Waals surface area contributed by atoms with Crippen LogP contribution in [0.25, 0.3) is 0 Å². The molecule has 0 aromatic heterocycles. The molecule has 2 heterocycles. The van der Waals surface area contributed by atoms with E-state index in [1.807, 2.05) is 0 Å². The fourth-order valence-electron chi connectivity index (χ4n) is 8.17. The van der Waals surface area contributed by atoms with Gasteiger partial charge in [0, 0.05) is 72.9 Å². The first-order chi connectivity index (χ1) is 24.1. The summed E-state index contributed by atoms with van der Waals surface area (Å²) in [6.45, 7) is 2.45. The van der Waals surface area contributed by atoms with Gasteiger partial charge in [-0.25, -0.2) is 0 Å². The molecule has 1 saturated carbocycles. The Morgan fingerprint density at radius 2 is 1.80 bits per heavy atom. The highest BCUT2D eigenvalue weighted by Crippen LogP contribution is 2.55. The number of phenolic OH excluding ortho intramolecular Hbond substituents is 1. The number of hydrogen-bond donors (Lipinski definition) is 5. The number of phenols is 1. The number of aliphatic hydroxyl groups is 2. The van der Waals surface area contributed by atoms with Crippen LogP contribution in [0, 0.1) is 18.8 Å². The van der Waals surface area contributed by atoms with Gasteiger partial charge in [-0.2, -0.15) is 0 Å². The third kappa shape index (κ3) is 5.21. The molecule has 1 saturated heterocycles. The zero-order valence-corrected chi connectivity index (χ0v) is 28.1. The number of benzene rings is 2. The van der Waals surface area contributed by atoms with Crippen LogP contribution in [-0.4, -0.2) is 99.2 Å². The number of fused-ring (bicyclic) bond motifs is 4. The number of rotatable bonds is 9. The molecule has 51 heavy (non-hydrogen) atoms. The predicted octanol–water partition coefficient (Wildman–Crippen LogP) is 0.248. The van der Waals surface area contributed by atoms with Gasteiger partial charge in [0.15, 0.2) is 17.9 Å². The average molecular weight is 704 g/mol. The van der Waals surface area contributed by atoms with Crippen molar-refractivity contribution in [2.45, 2.75) is 69.4 Å². The largest absolute Gasteiger partial charge is 0.507 e. The number of nitrogens with one attached hydrogen (secondary N) is 1. The number of nitrogens with zero attached hydrogens (tertiary/aromatic N) is 1. The van der Waals surface area contributed by atoms with E-state index in [4.69, 9.17) is 19.9 Å². The molecule has 7 atom stereocenters. The highest BCUT2D eigenvalue weighted by molar-refractivity contribution is 6.31. The van der Waals surface area contributed by atoms with Crippen molar-refractivity contribution in [1.29, 1.82) is 0 Å². The van der Waals surface area contributed by atoms with Gasteiger partial charge in [0.1, 0.15) is 22.8 Å². The summed E-state index contributed by atoms with van der Waals surface area (Å²) in [5.74, 6) is -5.07. The molecule has 0 spiro atoms. The van der Waals surface area contributed by atoms with Crippen LogP contribution in [0.5, 0.6) is 11.5 Å². The zero-order valence-electron chi connectivity index (χ0n) is 28.1. The summed E-state index contributed by atoms with van der Waals surface area (Å²) in [5.41, 5.74) is 3.29. The Morgan fingerprint density at radius 3 is 2.47 bits per heavy atom. The number of ether oxygens (including phenoxy) is 3. The van der Waals surface area contributed by atoms with Crippen molar-refractivity contribution >= 4 is 35.1 Å². The number of aromatic hydroxyl groups is 1. The van der Waals surface area contributed by atoms with E-state index in [9.17, 15) is 44.1 Å². The summed E-state index contributed by atoms with van der Waals surface area (Å²) in [6.07, 6.45) is -1.83. The Balaban J connectivity index is 1.21. The molecule has 2 aliphatic heterocycles. The van der Waals surface area contributed by atoms with Crippen molar-refractivity contribution in [1.82, 2.24) is 10.2 Å². The lowest BCUT2D eigenvalue weighted by molar-refractivity contribution is -0.255. The Labute approximate surface area is 291 Å². The molecule has 3 amide bonds. The summed E-state index contributed by atoms with van der Waals surface area (Å²) < 4.78 is 17.7. The second-order valence-electron chi connectivity index (χ2n) is 13.8. The first-order valence-electron chi connectivity index (χ1n) is 16.6. The number of imide groups is 1. The monoisotopic (exact) mass is 703 g/mol. The Bertz CT molecular complexity index is 1960. The van der Waals surface area contributed by atoms with Crippen LogP contribution in [0.4, 0.5) is 0 Å². The third-order valence-electron chi connectivity index (χ3n) is 11.1. The van der Waals surface area contributed by atoms with Crippen molar-refractivity contribution < 1.29 is 58.3 Å². The van der Waals surface area contributed by atoms with Crippen molar-refractivity contribution in [3.8, 4) is 11.5 Å². The Kier molecular flexibility index (Phi) is 8.26. The molecule has 5 unspecified atom stereocenters. The number of carbonyl (C=O) groups is 6.